The largest absolute Gasteiger partial charge is 0.394 e. The number of hydroxylamine groups is 2. The zero-order valence-corrected chi connectivity index (χ0v) is 24.2. The van der Waals surface area contributed by atoms with Crippen LogP contribution in [0.5, 0.6) is 0 Å². The zero-order chi connectivity index (χ0) is 30.9. The number of hydrogen-bond donors (Lipinski definition) is 4. The van der Waals surface area contributed by atoms with Crippen LogP contribution in [0.3, 0.4) is 0 Å². The lowest BCUT2D eigenvalue weighted by Crippen LogP contribution is -2.50. The summed E-state index contributed by atoms with van der Waals surface area (Å²) >= 11 is 0. The minimum Gasteiger partial charge on any atom is -0.394 e. The first-order valence-corrected chi connectivity index (χ1v) is 14.5. The van der Waals surface area contributed by atoms with Crippen molar-refractivity contribution in [2.45, 2.75) is 101 Å². The molecule has 2 rings (SSSR count). The molecule has 6 atom stereocenters. The molecule has 2 amide bonds. The molecule has 6 unspecified atom stereocenters. The average molecular weight is 607 g/mol. The topological polar surface area (TPSA) is 202 Å². The molecule has 2 aliphatic heterocycles. The molecule has 15 nitrogen and oxygen atoms in total. The van der Waals surface area contributed by atoms with Crippen molar-refractivity contribution in [3.05, 3.63) is 0 Å². The molecular weight excluding hydrogens is 560 g/mol. The molecule has 0 bridgehead atoms. The second kappa shape index (κ2) is 19.9. The average Bonchev–Trinajstić information content (AvgIpc) is 2.97. The van der Waals surface area contributed by atoms with Crippen molar-refractivity contribution in [1.29, 1.82) is 0 Å². The van der Waals surface area contributed by atoms with E-state index in [9.17, 15) is 39.6 Å². The summed E-state index contributed by atoms with van der Waals surface area (Å²) < 4.78 is 22.1. The van der Waals surface area contributed by atoms with Gasteiger partial charge in [0.25, 0.3) is 5.91 Å². The summed E-state index contributed by atoms with van der Waals surface area (Å²) in [5.41, 5.74) is 0. The monoisotopic (exact) mass is 606 g/mol. The highest BCUT2D eigenvalue weighted by atomic mass is 16.7. The van der Waals surface area contributed by atoms with Crippen molar-refractivity contribution in [1.82, 2.24) is 9.96 Å². The standard InChI is InChI=1S/C27H46N2O13/c1-28(22(34)9-4-13-30)42-24(36)10-3-2-8-23(35)29(12-16-40-26-20(32)7-5-14-38-26)11-6-15-39-27-25(37)21(33)17-19(18-31)41-27/h13,19-21,25-27,31-33,37H,2-12,14-18H2,1H3. The van der Waals surface area contributed by atoms with Gasteiger partial charge < -0.3 is 53.9 Å². The van der Waals surface area contributed by atoms with Gasteiger partial charge in [-0.15, -0.1) is 0 Å². The van der Waals surface area contributed by atoms with Crippen molar-refractivity contribution in [3.63, 3.8) is 0 Å². The molecule has 242 valence electrons. The van der Waals surface area contributed by atoms with Gasteiger partial charge in [-0.3, -0.25) is 9.59 Å². The Hall–Kier alpha value is -2.24. The van der Waals surface area contributed by atoms with Crippen molar-refractivity contribution in [2.75, 3.05) is 46.6 Å². The maximum atomic E-state index is 13.0. The summed E-state index contributed by atoms with van der Waals surface area (Å²) in [5, 5.41) is 40.2. The lowest BCUT2D eigenvalue weighted by Gasteiger charge is -2.36. The molecule has 2 aliphatic rings. The number of hydrogen-bond acceptors (Lipinski definition) is 13. The van der Waals surface area contributed by atoms with E-state index in [4.69, 9.17) is 23.8 Å². The predicted octanol–water partition coefficient (Wildman–Crippen LogP) is -0.979. The van der Waals surface area contributed by atoms with Crippen LogP contribution in [0.1, 0.15) is 64.2 Å². The summed E-state index contributed by atoms with van der Waals surface area (Å²) in [6.45, 7) is 0.884. The molecular formula is C27H46N2O13. The maximum Gasteiger partial charge on any atom is 0.332 e. The van der Waals surface area contributed by atoms with Crippen LogP contribution < -0.4 is 0 Å². The van der Waals surface area contributed by atoms with E-state index in [1.165, 1.54) is 7.05 Å². The quantitative estimate of drug-likeness (QED) is 0.0843. The van der Waals surface area contributed by atoms with Crippen LogP contribution in [-0.4, -0.2) is 138 Å². The van der Waals surface area contributed by atoms with Crippen LogP contribution in [0.2, 0.25) is 0 Å². The third-order valence-electron chi connectivity index (χ3n) is 6.89. The molecule has 0 aliphatic carbocycles. The van der Waals surface area contributed by atoms with E-state index >= 15 is 0 Å². The third-order valence-corrected chi connectivity index (χ3v) is 6.89. The first kappa shape index (κ1) is 36.0. The summed E-state index contributed by atoms with van der Waals surface area (Å²) in [6.07, 6.45) is -2.39. The Morgan fingerprint density at radius 1 is 0.929 bits per heavy atom. The number of ether oxygens (including phenoxy) is 4. The molecule has 0 aromatic heterocycles. The van der Waals surface area contributed by atoms with Gasteiger partial charge in [-0.1, -0.05) is 0 Å². The smallest absolute Gasteiger partial charge is 0.332 e. The number of rotatable bonds is 18. The van der Waals surface area contributed by atoms with Gasteiger partial charge in [0.15, 0.2) is 12.6 Å². The molecule has 0 radical (unpaired) electrons. The lowest BCUT2D eigenvalue weighted by atomic mass is 10.0. The molecule has 0 saturated carbocycles. The van der Waals surface area contributed by atoms with Gasteiger partial charge in [-0.05, 0) is 32.1 Å². The van der Waals surface area contributed by atoms with E-state index in [0.717, 1.165) is 11.5 Å². The normalized spacial score (nSPS) is 25.9. The van der Waals surface area contributed by atoms with Crippen LogP contribution >= 0.6 is 0 Å². The lowest BCUT2D eigenvalue weighted by molar-refractivity contribution is -0.271. The number of aldehydes is 1. The van der Waals surface area contributed by atoms with Crippen molar-refractivity contribution in [2.24, 2.45) is 0 Å². The minimum atomic E-state index is -1.26. The van der Waals surface area contributed by atoms with Crippen LogP contribution in [-0.2, 0) is 43.0 Å². The zero-order valence-electron chi connectivity index (χ0n) is 24.2. The van der Waals surface area contributed by atoms with Crippen LogP contribution in [0, 0.1) is 0 Å². The molecule has 2 saturated heterocycles. The van der Waals surface area contributed by atoms with Crippen LogP contribution in [0.25, 0.3) is 0 Å². The van der Waals surface area contributed by atoms with Gasteiger partial charge in [-0.25, -0.2) is 4.79 Å². The molecule has 0 aromatic rings. The van der Waals surface area contributed by atoms with Gasteiger partial charge in [-0.2, -0.15) is 5.06 Å². The second-order valence-corrected chi connectivity index (χ2v) is 10.3. The third kappa shape index (κ3) is 13.0. The highest BCUT2D eigenvalue weighted by Crippen LogP contribution is 2.21. The Labute approximate surface area is 245 Å². The highest BCUT2D eigenvalue weighted by molar-refractivity contribution is 5.79. The molecule has 2 heterocycles. The van der Waals surface area contributed by atoms with Crippen molar-refractivity contribution >= 4 is 24.1 Å². The number of carbonyl (C=O) groups excluding carboxylic acids is 4. The molecule has 42 heavy (non-hydrogen) atoms. The number of amides is 2. The van der Waals surface area contributed by atoms with E-state index in [-0.39, 0.29) is 70.9 Å². The van der Waals surface area contributed by atoms with Crippen LogP contribution in [0.15, 0.2) is 0 Å². The Morgan fingerprint density at radius 2 is 1.67 bits per heavy atom. The summed E-state index contributed by atoms with van der Waals surface area (Å²) in [4.78, 5) is 53.7. The maximum absolute atomic E-state index is 13.0. The Bertz CT molecular complexity index is 832. The van der Waals surface area contributed by atoms with Gasteiger partial charge >= 0.3 is 5.97 Å². The number of nitrogens with zero attached hydrogens (tertiary/aromatic N) is 2. The summed E-state index contributed by atoms with van der Waals surface area (Å²) in [7, 11) is 1.30. The molecule has 4 N–H and O–H groups in total. The first-order chi connectivity index (χ1) is 20.2. The molecule has 2 fully saturated rings. The Morgan fingerprint density at radius 3 is 2.38 bits per heavy atom. The van der Waals surface area contributed by atoms with E-state index < -0.39 is 48.9 Å². The highest BCUT2D eigenvalue weighted by Gasteiger charge is 2.37. The first-order valence-electron chi connectivity index (χ1n) is 14.5. The van der Waals surface area contributed by atoms with Gasteiger partial charge in [0.2, 0.25) is 5.91 Å². The summed E-state index contributed by atoms with van der Waals surface area (Å²) in [6, 6.07) is 0. The minimum absolute atomic E-state index is 0.00314. The molecule has 0 spiro atoms. The molecule has 15 heteroatoms. The van der Waals surface area contributed by atoms with Gasteiger partial charge in [0.1, 0.15) is 18.5 Å². The van der Waals surface area contributed by atoms with E-state index in [0.29, 0.717) is 38.6 Å². The number of unbranched alkanes of at least 4 members (excludes halogenated alkanes) is 1. The number of carbonyl (C=O) groups is 4. The fourth-order valence-electron chi connectivity index (χ4n) is 4.46. The van der Waals surface area contributed by atoms with Crippen molar-refractivity contribution < 1.29 is 63.4 Å². The van der Waals surface area contributed by atoms with E-state index in [1.54, 1.807) is 4.90 Å². The number of aliphatic hydroxyl groups is 4. The number of aliphatic hydroxyl groups excluding tert-OH is 4. The van der Waals surface area contributed by atoms with E-state index in [1.807, 2.05) is 0 Å². The molecule has 0 aromatic carbocycles. The van der Waals surface area contributed by atoms with Gasteiger partial charge in [0, 0.05) is 58.8 Å². The van der Waals surface area contributed by atoms with Crippen molar-refractivity contribution in [3.8, 4) is 0 Å². The second-order valence-electron chi connectivity index (χ2n) is 10.3. The van der Waals surface area contributed by atoms with Gasteiger partial charge in [0.05, 0.1) is 32.0 Å². The predicted molar refractivity (Wildman–Crippen MR) is 143 cm³/mol. The fraction of sp³-hybridized carbons (Fsp3) is 0.852. The SMILES string of the molecule is CN(OC(=O)CCCCC(=O)N(CCCOC1OC(CO)CC(O)C1O)CCOC1OCCCC1O)C(=O)CCC=O. The summed E-state index contributed by atoms with van der Waals surface area (Å²) in [5.74, 6) is -1.31. The Balaban J connectivity index is 1.79. The van der Waals surface area contributed by atoms with E-state index in [2.05, 4.69) is 0 Å². The van der Waals surface area contributed by atoms with Crippen LogP contribution in [0.4, 0.5) is 0 Å². The Kier molecular flexibility index (Phi) is 17.0. The fourth-order valence-corrected chi connectivity index (χ4v) is 4.46.